The fourth-order valence-electron chi connectivity index (χ4n) is 3.94. The van der Waals surface area contributed by atoms with Crippen LogP contribution in [0.3, 0.4) is 0 Å². The van der Waals surface area contributed by atoms with Crippen LogP contribution in [0.2, 0.25) is 0 Å². The first-order valence-corrected chi connectivity index (χ1v) is 10.4. The number of nitrogens with zero attached hydrogens (tertiary/aromatic N) is 1. The number of ether oxygens (including phenoxy) is 2. The van der Waals surface area contributed by atoms with Crippen LogP contribution in [-0.2, 0) is 0 Å². The molecular weight excluding hydrogens is 398 g/mol. The van der Waals surface area contributed by atoms with Gasteiger partial charge in [-0.3, -0.25) is 9.78 Å². The third-order valence-electron chi connectivity index (χ3n) is 5.77. The molecule has 0 aliphatic heterocycles. The minimum absolute atomic E-state index is 0.134. The Kier molecular flexibility index (Phi) is 7.70. The summed E-state index contributed by atoms with van der Waals surface area (Å²) in [5.41, 5.74) is 1.98. The van der Waals surface area contributed by atoms with E-state index < -0.39 is 6.09 Å². The van der Waals surface area contributed by atoms with Gasteiger partial charge in [0.2, 0.25) is 0 Å². The molecule has 166 valence electrons. The average Bonchev–Trinajstić information content (AvgIpc) is 2.81. The van der Waals surface area contributed by atoms with Crippen molar-refractivity contribution in [3.8, 4) is 22.8 Å². The summed E-state index contributed by atoms with van der Waals surface area (Å²) in [6.45, 7) is 1.12. The van der Waals surface area contributed by atoms with Gasteiger partial charge in [-0.25, -0.2) is 4.79 Å². The second-order valence-corrected chi connectivity index (χ2v) is 7.78. The number of carboxylic acid groups (broad SMARTS) is 1. The number of nitrogens with one attached hydrogen (secondary N) is 2. The third-order valence-corrected chi connectivity index (χ3v) is 5.77. The topological polar surface area (TPSA) is 110 Å². The monoisotopic (exact) mass is 427 g/mol. The molecule has 0 atom stereocenters. The number of carbonyl (C=O) groups excluding carboxylic acids is 1. The van der Waals surface area contributed by atoms with Crippen LogP contribution >= 0.6 is 0 Å². The highest BCUT2D eigenvalue weighted by molar-refractivity contribution is 5.95. The van der Waals surface area contributed by atoms with Gasteiger partial charge in [-0.2, -0.15) is 0 Å². The van der Waals surface area contributed by atoms with Crippen LogP contribution < -0.4 is 20.1 Å². The molecule has 0 unspecified atom stereocenters. The molecule has 2 amide bonds. The van der Waals surface area contributed by atoms with Gasteiger partial charge in [0.05, 0.1) is 19.9 Å². The number of methoxy groups -OCH3 is 2. The Bertz CT molecular complexity index is 910. The van der Waals surface area contributed by atoms with Gasteiger partial charge in [-0.1, -0.05) is 0 Å². The number of hydrogen-bond donors (Lipinski definition) is 3. The van der Waals surface area contributed by atoms with Crippen molar-refractivity contribution in [3.63, 3.8) is 0 Å². The molecular formula is C23H29N3O5. The van der Waals surface area contributed by atoms with Gasteiger partial charge in [0.25, 0.3) is 5.91 Å². The van der Waals surface area contributed by atoms with Crippen molar-refractivity contribution < 1.29 is 24.2 Å². The summed E-state index contributed by atoms with van der Waals surface area (Å²) in [7, 11) is 3.18. The maximum absolute atomic E-state index is 12.7. The molecule has 1 aliphatic carbocycles. The molecule has 1 aromatic heterocycles. The quantitative estimate of drug-likeness (QED) is 0.594. The molecule has 0 radical (unpaired) electrons. The minimum atomic E-state index is -0.974. The fourth-order valence-corrected chi connectivity index (χ4v) is 3.94. The lowest BCUT2D eigenvalue weighted by Crippen LogP contribution is -2.34. The van der Waals surface area contributed by atoms with Crippen molar-refractivity contribution in [3.05, 3.63) is 42.1 Å². The van der Waals surface area contributed by atoms with E-state index in [2.05, 4.69) is 15.6 Å². The molecule has 8 heteroatoms. The Balaban J connectivity index is 1.57. The van der Waals surface area contributed by atoms with Crippen molar-refractivity contribution in [1.82, 2.24) is 15.6 Å². The molecule has 1 saturated carbocycles. The first kappa shape index (κ1) is 22.4. The summed E-state index contributed by atoms with van der Waals surface area (Å²) in [6, 6.07) is 8.93. The van der Waals surface area contributed by atoms with Gasteiger partial charge in [-0.05, 0) is 61.8 Å². The largest absolute Gasteiger partial charge is 0.497 e. The van der Waals surface area contributed by atoms with Gasteiger partial charge >= 0.3 is 6.09 Å². The summed E-state index contributed by atoms with van der Waals surface area (Å²) in [6.07, 6.45) is 4.55. The highest BCUT2D eigenvalue weighted by Crippen LogP contribution is 2.32. The molecule has 1 fully saturated rings. The van der Waals surface area contributed by atoms with E-state index in [1.165, 1.54) is 0 Å². The number of carbonyl (C=O) groups is 2. The molecule has 31 heavy (non-hydrogen) atoms. The van der Waals surface area contributed by atoms with Crippen LogP contribution in [-0.4, -0.2) is 49.4 Å². The number of hydrogen-bond acceptors (Lipinski definition) is 5. The van der Waals surface area contributed by atoms with Crippen molar-refractivity contribution in [2.75, 3.05) is 27.3 Å². The number of pyridine rings is 1. The second kappa shape index (κ2) is 10.7. The predicted octanol–water partition coefficient (Wildman–Crippen LogP) is 3.57. The molecule has 1 heterocycles. The van der Waals surface area contributed by atoms with E-state index in [-0.39, 0.29) is 5.91 Å². The molecule has 0 spiro atoms. The van der Waals surface area contributed by atoms with Crippen LogP contribution in [0.5, 0.6) is 11.5 Å². The highest BCUT2D eigenvalue weighted by atomic mass is 16.5. The van der Waals surface area contributed by atoms with E-state index in [0.717, 1.165) is 31.2 Å². The molecule has 8 nitrogen and oxygen atoms in total. The number of rotatable bonds is 8. The first-order chi connectivity index (χ1) is 15.0. The van der Waals surface area contributed by atoms with E-state index in [1.807, 2.05) is 12.1 Å². The van der Waals surface area contributed by atoms with Crippen LogP contribution in [0.4, 0.5) is 4.79 Å². The normalized spacial score (nSPS) is 18.1. The van der Waals surface area contributed by atoms with Gasteiger partial charge in [-0.15, -0.1) is 0 Å². The van der Waals surface area contributed by atoms with E-state index in [4.69, 9.17) is 14.6 Å². The zero-order valence-electron chi connectivity index (χ0n) is 17.9. The molecule has 0 bridgehead atoms. The second-order valence-electron chi connectivity index (χ2n) is 7.78. The Morgan fingerprint density at radius 2 is 1.68 bits per heavy atom. The maximum atomic E-state index is 12.7. The molecule has 0 saturated heterocycles. The number of benzene rings is 1. The van der Waals surface area contributed by atoms with Gasteiger partial charge in [0.15, 0.2) is 0 Å². The summed E-state index contributed by atoms with van der Waals surface area (Å²) >= 11 is 0. The Morgan fingerprint density at radius 3 is 2.29 bits per heavy atom. The molecule has 1 aliphatic rings. The highest BCUT2D eigenvalue weighted by Gasteiger charge is 2.22. The first-order valence-electron chi connectivity index (χ1n) is 10.4. The maximum Gasteiger partial charge on any atom is 0.404 e. The Morgan fingerprint density at radius 1 is 1.00 bits per heavy atom. The average molecular weight is 428 g/mol. The number of aromatic nitrogens is 1. The van der Waals surface area contributed by atoms with Crippen molar-refractivity contribution in [1.29, 1.82) is 0 Å². The van der Waals surface area contributed by atoms with Crippen LogP contribution in [0.1, 0.15) is 36.0 Å². The Labute approximate surface area is 182 Å². The summed E-state index contributed by atoms with van der Waals surface area (Å²) in [5, 5.41) is 14.2. The summed E-state index contributed by atoms with van der Waals surface area (Å²) in [5.74, 6) is 1.96. The molecule has 2 aromatic rings. The van der Waals surface area contributed by atoms with Crippen molar-refractivity contribution in [2.45, 2.75) is 25.7 Å². The minimum Gasteiger partial charge on any atom is -0.497 e. The van der Waals surface area contributed by atoms with E-state index in [0.29, 0.717) is 47.7 Å². The van der Waals surface area contributed by atoms with Crippen molar-refractivity contribution in [2.24, 2.45) is 11.8 Å². The molecule has 3 rings (SSSR count). The zero-order chi connectivity index (χ0) is 22.2. The zero-order valence-corrected chi connectivity index (χ0v) is 17.9. The third kappa shape index (κ3) is 6.10. The lowest BCUT2D eigenvalue weighted by Gasteiger charge is -2.28. The van der Waals surface area contributed by atoms with Crippen LogP contribution in [0.25, 0.3) is 11.3 Å². The standard InChI is InChI=1S/C23H29N3O5/c1-30-18-7-8-19(21(12-18)31-2)20-11-17(9-10-24-20)22(27)25-13-15-3-5-16(6-4-15)14-26-23(28)29/h7-12,15-16,26H,3-6,13-14H2,1-2H3,(H,25,27)(H,28,29). The molecule has 3 N–H and O–H groups in total. The summed E-state index contributed by atoms with van der Waals surface area (Å²) < 4.78 is 10.7. The van der Waals surface area contributed by atoms with E-state index in [1.54, 1.807) is 38.6 Å². The van der Waals surface area contributed by atoms with Gasteiger partial charge in [0, 0.05) is 36.5 Å². The number of amides is 2. The van der Waals surface area contributed by atoms with Gasteiger partial charge < -0.3 is 25.2 Å². The summed E-state index contributed by atoms with van der Waals surface area (Å²) in [4.78, 5) is 27.7. The Hall–Kier alpha value is -3.29. The smallest absolute Gasteiger partial charge is 0.404 e. The van der Waals surface area contributed by atoms with E-state index in [9.17, 15) is 9.59 Å². The molecule has 1 aromatic carbocycles. The predicted molar refractivity (Wildman–Crippen MR) is 117 cm³/mol. The van der Waals surface area contributed by atoms with Crippen molar-refractivity contribution >= 4 is 12.0 Å². The fraction of sp³-hybridized carbons (Fsp3) is 0.435. The SMILES string of the molecule is COc1ccc(-c2cc(C(=O)NCC3CCC(CNC(=O)O)CC3)ccn2)c(OC)c1. The van der Waals surface area contributed by atoms with Gasteiger partial charge in [0.1, 0.15) is 11.5 Å². The lowest BCUT2D eigenvalue weighted by atomic mass is 9.82. The lowest BCUT2D eigenvalue weighted by molar-refractivity contribution is 0.0940. The van der Waals surface area contributed by atoms with Crippen LogP contribution in [0, 0.1) is 11.8 Å². The van der Waals surface area contributed by atoms with Crippen LogP contribution in [0.15, 0.2) is 36.5 Å². The van der Waals surface area contributed by atoms with E-state index >= 15 is 0 Å².